The lowest BCUT2D eigenvalue weighted by molar-refractivity contribution is 0.0691. The number of carboxylic acids is 1. The lowest BCUT2D eigenvalue weighted by Gasteiger charge is -2.10. The number of amides is 1. The number of carbonyl (C=O) groups is 2. The normalized spacial score (nSPS) is 10.1. The Bertz CT molecular complexity index is 700. The van der Waals surface area contributed by atoms with Gasteiger partial charge in [0.25, 0.3) is 5.91 Å². The second kappa shape index (κ2) is 6.04. The summed E-state index contributed by atoms with van der Waals surface area (Å²) < 4.78 is 18.9. The van der Waals surface area contributed by atoms with Crippen LogP contribution in [-0.4, -0.2) is 17.0 Å². The van der Waals surface area contributed by atoms with Crippen LogP contribution in [0.15, 0.2) is 42.5 Å². The molecule has 0 saturated carbocycles. The first-order valence-corrected chi connectivity index (χ1v) is 6.02. The van der Waals surface area contributed by atoms with Gasteiger partial charge in [-0.3, -0.25) is 4.79 Å². The van der Waals surface area contributed by atoms with E-state index in [9.17, 15) is 14.0 Å². The summed E-state index contributed by atoms with van der Waals surface area (Å²) in [6.45, 7) is -0.0128. The quantitative estimate of drug-likeness (QED) is 0.883. The molecule has 0 atom stereocenters. The molecule has 0 aliphatic heterocycles. The number of para-hydroxylation sites is 1. The molecule has 2 aromatic carbocycles. The summed E-state index contributed by atoms with van der Waals surface area (Å²) in [7, 11) is 0. The van der Waals surface area contributed by atoms with Crippen molar-refractivity contribution in [3.8, 4) is 5.75 Å². The van der Waals surface area contributed by atoms with Crippen LogP contribution in [0.5, 0.6) is 5.75 Å². The van der Waals surface area contributed by atoms with Gasteiger partial charge >= 0.3 is 5.97 Å². The maximum absolute atomic E-state index is 13.5. The molecule has 0 unspecified atom stereocenters. The summed E-state index contributed by atoms with van der Waals surface area (Å²) in [6, 6.07) is 10.1. The van der Waals surface area contributed by atoms with Gasteiger partial charge in [0, 0.05) is 0 Å². The van der Waals surface area contributed by atoms with Gasteiger partial charge in [-0.05, 0) is 29.8 Å². The lowest BCUT2D eigenvalue weighted by Crippen LogP contribution is -2.13. The number of ether oxygens (including phenoxy) is 1. The summed E-state index contributed by atoms with van der Waals surface area (Å²) >= 11 is 0. The van der Waals surface area contributed by atoms with Crippen molar-refractivity contribution in [2.75, 3.05) is 0 Å². The summed E-state index contributed by atoms with van der Waals surface area (Å²) in [4.78, 5) is 21.9. The highest BCUT2D eigenvalue weighted by Gasteiger charge is 2.12. The fraction of sp³-hybridized carbons (Fsp3) is 0.0667. The topological polar surface area (TPSA) is 89.6 Å². The third-order valence-corrected chi connectivity index (χ3v) is 2.81. The van der Waals surface area contributed by atoms with Crippen molar-refractivity contribution in [2.24, 2.45) is 5.73 Å². The van der Waals surface area contributed by atoms with Crippen LogP contribution < -0.4 is 10.5 Å². The Morgan fingerprint density at radius 2 is 1.86 bits per heavy atom. The van der Waals surface area contributed by atoms with Gasteiger partial charge in [-0.2, -0.15) is 0 Å². The van der Waals surface area contributed by atoms with E-state index in [-0.39, 0.29) is 17.9 Å². The molecule has 0 aliphatic carbocycles. The molecular weight excluding hydrogens is 277 g/mol. The lowest BCUT2D eigenvalue weighted by atomic mass is 10.1. The number of carboxylic acid groups (broad SMARTS) is 1. The van der Waals surface area contributed by atoms with E-state index in [4.69, 9.17) is 15.6 Å². The summed E-state index contributed by atoms with van der Waals surface area (Å²) in [5.41, 5.74) is 5.47. The first kappa shape index (κ1) is 14.5. The minimum Gasteiger partial charge on any atom is -0.488 e. The van der Waals surface area contributed by atoms with Crippen molar-refractivity contribution in [1.29, 1.82) is 0 Å². The zero-order valence-corrected chi connectivity index (χ0v) is 10.9. The van der Waals surface area contributed by atoms with E-state index in [1.165, 1.54) is 12.1 Å². The first-order valence-electron chi connectivity index (χ1n) is 6.02. The molecule has 2 aromatic rings. The third-order valence-electron chi connectivity index (χ3n) is 2.81. The molecule has 6 heteroatoms. The molecular formula is C15H12FNO4. The highest BCUT2D eigenvalue weighted by molar-refractivity contribution is 5.95. The first-order chi connectivity index (χ1) is 9.99. The molecule has 3 N–H and O–H groups in total. The van der Waals surface area contributed by atoms with Crippen LogP contribution in [0.25, 0.3) is 0 Å². The largest absolute Gasteiger partial charge is 0.488 e. The van der Waals surface area contributed by atoms with Gasteiger partial charge in [-0.1, -0.05) is 18.2 Å². The molecule has 108 valence electrons. The Morgan fingerprint density at radius 3 is 2.48 bits per heavy atom. The number of halogens is 1. The van der Waals surface area contributed by atoms with Crippen LogP contribution in [0.3, 0.4) is 0 Å². The van der Waals surface area contributed by atoms with E-state index >= 15 is 0 Å². The van der Waals surface area contributed by atoms with Crippen LogP contribution in [-0.2, 0) is 6.61 Å². The van der Waals surface area contributed by atoms with Crippen molar-refractivity contribution in [3.63, 3.8) is 0 Å². The molecule has 0 spiro atoms. The standard InChI is InChI=1S/C15H12FNO4/c16-12-7-9(5-6-10(12)15(19)20)8-21-13-4-2-1-3-11(13)14(17)18/h1-7H,8H2,(H2,17,18)(H,19,20). The van der Waals surface area contributed by atoms with Crippen LogP contribution in [0.1, 0.15) is 26.3 Å². The second-order valence-electron chi connectivity index (χ2n) is 4.27. The van der Waals surface area contributed by atoms with Gasteiger partial charge in [0.15, 0.2) is 0 Å². The fourth-order valence-electron chi connectivity index (χ4n) is 1.78. The van der Waals surface area contributed by atoms with Crippen molar-refractivity contribution < 1.29 is 23.8 Å². The smallest absolute Gasteiger partial charge is 0.338 e. The molecule has 0 heterocycles. The predicted octanol–water partition coefficient (Wildman–Crippen LogP) is 2.20. The Balaban J connectivity index is 2.16. The van der Waals surface area contributed by atoms with Gasteiger partial charge in [-0.15, -0.1) is 0 Å². The Morgan fingerprint density at radius 1 is 1.14 bits per heavy atom. The average Bonchev–Trinajstić information content (AvgIpc) is 2.45. The second-order valence-corrected chi connectivity index (χ2v) is 4.27. The van der Waals surface area contributed by atoms with Gasteiger partial charge in [0.1, 0.15) is 18.2 Å². The summed E-state index contributed by atoms with van der Waals surface area (Å²) in [5.74, 6) is -2.52. The van der Waals surface area contributed by atoms with Crippen LogP contribution in [0.4, 0.5) is 4.39 Å². The minimum atomic E-state index is -1.33. The number of aromatic carboxylic acids is 1. The zero-order valence-electron chi connectivity index (χ0n) is 10.9. The Hall–Kier alpha value is -2.89. The highest BCUT2D eigenvalue weighted by atomic mass is 19.1. The summed E-state index contributed by atoms with van der Waals surface area (Å²) in [6.07, 6.45) is 0. The van der Waals surface area contributed by atoms with Crippen molar-refractivity contribution in [3.05, 3.63) is 65.0 Å². The SMILES string of the molecule is NC(=O)c1ccccc1OCc1ccc(C(=O)O)c(F)c1. The molecule has 5 nitrogen and oxygen atoms in total. The van der Waals surface area contributed by atoms with Gasteiger partial charge in [0.05, 0.1) is 11.1 Å². The van der Waals surface area contributed by atoms with E-state index in [1.54, 1.807) is 18.2 Å². The molecule has 2 rings (SSSR count). The highest BCUT2D eigenvalue weighted by Crippen LogP contribution is 2.19. The van der Waals surface area contributed by atoms with Gasteiger partial charge in [-0.25, -0.2) is 9.18 Å². The maximum atomic E-state index is 13.5. The van der Waals surface area contributed by atoms with Crippen molar-refractivity contribution >= 4 is 11.9 Å². The number of carbonyl (C=O) groups excluding carboxylic acids is 1. The molecule has 0 radical (unpaired) electrons. The fourth-order valence-corrected chi connectivity index (χ4v) is 1.78. The molecule has 1 amide bonds. The Kier molecular flexibility index (Phi) is 4.18. The van der Waals surface area contributed by atoms with Crippen molar-refractivity contribution in [2.45, 2.75) is 6.61 Å². The minimum absolute atomic E-state index is 0.0128. The Labute approximate surface area is 119 Å². The van der Waals surface area contributed by atoms with E-state index in [0.717, 1.165) is 12.1 Å². The molecule has 0 aromatic heterocycles. The van der Waals surface area contributed by atoms with E-state index in [0.29, 0.717) is 5.56 Å². The number of rotatable bonds is 5. The van der Waals surface area contributed by atoms with E-state index < -0.39 is 23.3 Å². The average molecular weight is 289 g/mol. The zero-order chi connectivity index (χ0) is 15.4. The maximum Gasteiger partial charge on any atom is 0.338 e. The van der Waals surface area contributed by atoms with Crippen molar-refractivity contribution in [1.82, 2.24) is 0 Å². The molecule has 0 saturated heterocycles. The van der Waals surface area contributed by atoms with Gasteiger partial charge < -0.3 is 15.6 Å². The summed E-state index contributed by atoms with van der Waals surface area (Å²) in [5, 5.41) is 8.74. The molecule has 21 heavy (non-hydrogen) atoms. The number of hydrogen-bond donors (Lipinski definition) is 2. The number of hydrogen-bond acceptors (Lipinski definition) is 3. The van der Waals surface area contributed by atoms with E-state index in [2.05, 4.69) is 0 Å². The van der Waals surface area contributed by atoms with Crippen LogP contribution in [0.2, 0.25) is 0 Å². The molecule has 0 fully saturated rings. The van der Waals surface area contributed by atoms with Crippen LogP contribution in [0, 0.1) is 5.82 Å². The monoisotopic (exact) mass is 289 g/mol. The number of nitrogens with two attached hydrogens (primary N) is 1. The molecule has 0 aliphatic rings. The van der Waals surface area contributed by atoms with E-state index in [1.807, 2.05) is 0 Å². The molecule has 0 bridgehead atoms. The number of benzene rings is 2. The third kappa shape index (κ3) is 3.36. The van der Waals surface area contributed by atoms with Crippen LogP contribution >= 0.6 is 0 Å². The number of primary amides is 1. The van der Waals surface area contributed by atoms with Gasteiger partial charge in [0.2, 0.25) is 0 Å². The predicted molar refractivity (Wildman–Crippen MR) is 72.7 cm³/mol.